The fourth-order valence-electron chi connectivity index (χ4n) is 6.10. The third-order valence-electron chi connectivity index (χ3n) is 8.16. The molecule has 0 aliphatic carbocycles. The van der Waals surface area contributed by atoms with E-state index in [1.165, 1.54) is 25.3 Å². The van der Waals surface area contributed by atoms with Gasteiger partial charge in [0.25, 0.3) is 18.3 Å². The second-order valence-electron chi connectivity index (χ2n) is 11.8. The number of amides is 1. The molecule has 3 heterocycles. The first-order valence-electron chi connectivity index (χ1n) is 14.9. The summed E-state index contributed by atoms with van der Waals surface area (Å²) < 4.78 is 25.7. The number of rotatable bonds is 12. The zero-order chi connectivity index (χ0) is 31.7. The molecule has 0 bridgehead atoms. The number of carbonyl (C=O) groups excluding carboxylic acids is 1. The van der Waals surface area contributed by atoms with Crippen LogP contribution in [-0.4, -0.2) is 101 Å². The van der Waals surface area contributed by atoms with Gasteiger partial charge in [-0.05, 0) is 70.7 Å². The molecule has 43 heavy (non-hydrogen) atoms. The minimum Gasteiger partial charge on any atom is -0.483 e. The summed E-state index contributed by atoms with van der Waals surface area (Å²) in [6.07, 6.45) is 3.17. The normalized spacial score (nSPS) is 16.5. The van der Waals surface area contributed by atoms with E-state index in [0.717, 1.165) is 52.0 Å². The van der Waals surface area contributed by atoms with Gasteiger partial charge in [0.2, 0.25) is 0 Å². The lowest BCUT2D eigenvalue weighted by atomic mass is 9.76. The van der Waals surface area contributed by atoms with E-state index in [4.69, 9.17) is 25.1 Å². The molecule has 0 unspecified atom stereocenters. The Morgan fingerprint density at radius 1 is 1.23 bits per heavy atom. The lowest BCUT2D eigenvalue weighted by molar-refractivity contribution is -0.122. The summed E-state index contributed by atoms with van der Waals surface area (Å²) >= 11 is 0. The van der Waals surface area contributed by atoms with Crippen molar-refractivity contribution in [2.24, 2.45) is 17.1 Å². The maximum atomic E-state index is 14.3. The van der Waals surface area contributed by atoms with Crippen molar-refractivity contribution in [2.75, 3.05) is 51.3 Å². The fraction of sp³-hybridized carbons (Fsp3) is 0.633. The number of likely N-dealkylation sites (tertiary alicyclic amines) is 1. The van der Waals surface area contributed by atoms with Gasteiger partial charge in [-0.3, -0.25) is 14.5 Å². The Labute approximate surface area is 253 Å². The van der Waals surface area contributed by atoms with Crippen LogP contribution in [0.2, 0.25) is 0 Å². The molecule has 2 aromatic rings. The zero-order valence-electron chi connectivity index (χ0n) is 26.1. The molecule has 3 N–H and O–H groups in total. The molecule has 1 amide bonds. The Hall–Kier alpha value is -3.58. The molecule has 12 nitrogen and oxygen atoms in total. The number of anilines is 1. The van der Waals surface area contributed by atoms with Crippen LogP contribution in [0.5, 0.6) is 17.6 Å². The van der Waals surface area contributed by atoms with Crippen LogP contribution < -0.4 is 20.1 Å². The molecular formula is C30H46FN7O5. The lowest BCUT2D eigenvalue weighted by Gasteiger charge is -2.53. The molecule has 2 fully saturated rings. The third-order valence-corrected chi connectivity index (χ3v) is 8.16. The Morgan fingerprint density at radius 3 is 2.51 bits per heavy atom. The van der Waals surface area contributed by atoms with E-state index < -0.39 is 5.82 Å². The van der Waals surface area contributed by atoms with E-state index in [9.17, 15) is 9.18 Å². The van der Waals surface area contributed by atoms with Crippen molar-refractivity contribution in [3.8, 4) is 17.6 Å². The molecule has 0 radical (unpaired) electrons. The summed E-state index contributed by atoms with van der Waals surface area (Å²) in [5, 5.41) is 15.2. The molecule has 0 saturated carbocycles. The molecule has 4 rings (SSSR count). The van der Waals surface area contributed by atoms with Gasteiger partial charge < -0.3 is 30.1 Å². The van der Waals surface area contributed by atoms with Crippen molar-refractivity contribution in [1.29, 1.82) is 0 Å². The van der Waals surface area contributed by atoms with Gasteiger partial charge in [-0.15, -0.1) is 5.10 Å². The van der Waals surface area contributed by atoms with Crippen molar-refractivity contribution < 1.29 is 28.6 Å². The summed E-state index contributed by atoms with van der Waals surface area (Å²) in [6, 6.07) is 4.54. The molecule has 2 saturated heterocycles. The highest BCUT2D eigenvalue weighted by molar-refractivity contribution is 5.97. The first-order valence-corrected chi connectivity index (χ1v) is 14.9. The van der Waals surface area contributed by atoms with Gasteiger partial charge >= 0.3 is 6.01 Å². The van der Waals surface area contributed by atoms with E-state index in [1.807, 2.05) is 20.8 Å². The summed E-state index contributed by atoms with van der Waals surface area (Å²) in [5.41, 5.74) is 6.09. The Balaban J connectivity index is 0.00000162. The number of benzene rings is 1. The number of carbonyl (C=O) groups is 2. The summed E-state index contributed by atoms with van der Waals surface area (Å²) in [6.45, 7) is 14.9. The topological polar surface area (TPSA) is 147 Å². The summed E-state index contributed by atoms with van der Waals surface area (Å²) in [5.74, 6) is 0.610. The van der Waals surface area contributed by atoms with Crippen molar-refractivity contribution in [3.05, 3.63) is 29.6 Å². The number of hydrogen-bond acceptors (Lipinski definition) is 10. The average molecular weight is 604 g/mol. The van der Waals surface area contributed by atoms with E-state index in [0.29, 0.717) is 24.3 Å². The van der Waals surface area contributed by atoms with Gasteiger partial charge in [-0.2, -0.15) is 4.98 Å². The molecule has 1 aromatic carbocycles. The Bertz CT molecular complexity index is 1230. The number of methoxy groups -OCH3 is 1. The number of ether oxygens (including phenoxy) is 2. The quantitative estimate of drug-likeness (QED) is 0.343. The number of hydrogen-bond donors (Lipinski definition) is 2. The molecule has 2 aliphatic heterocycles. The van der Waals surface area contributed by atoms with Crippen molar-refractivity contribution >= 4 is 18.2 Å². The molecule has 1 atom stereocenters. The third kappa shape index (κ3) is 8.08. The first-order chi connectivity index (χ1) is 20.5. The number of carboxylic acid groups (broad SMARTS) is 1. The predicted molar refractivity (Wildman–Crippen MR) is 161 cm³/mol. The van der Waals surface area contributed by atoms with Crippen LogP contribution in [0.15, 0.2) is 18.2 Å². The highest BCUT2D eigenvalue weighted by atomic mass is 19.1. The Morgan fingerprint density at radius 2 is 1.93 bits per heavy atom. The zero-order valence-corrected chi connectivity index (χ0v) is 26.1. The SMILES string of the molecule is CCN(C(=O)c1cc(F)ccc1Oc1nnc(OC)nc1N1CCC2(C1)CN([C@H](CCCN)C(C)C)C2)C(C)C.O=CO. The van der Waals surface area contributed by atoms with Gasteiger partial charge in [0.05, 0.1) is 12.7 Å². The van der Waals surface area contributed by atoms with Crippen molar-refractivity contribution in [1.82, 2.24) is 25.0 Å². The maximum absolute atomic E-state index is 14.3. The summed E-state index contributed by atoms with van der Waals surface area (Å²) in [7, 11) is 1.49. The number of halogens is 1. The second-order valence-corrected chi connectivity index (χ2v) is 11.8. The highest BCUT2D eigenvalue weighted by Crippen LogP contribution is 2.45. The smallest absolute Gasteiger partial charge is 0.337 e. The van der Waals surface area contributed by atoms with Crippen LogP contribution in [0.1, 0.15) is 64.2 Å². The molecular weight excluding hydrogens is 557 g/mol. The van der Waals surface area contributed by atoms with E-state index in [2.05, 4.69) is 38.8 Å². The maximum Gasteiger partial charge on any atom is 0.337 e. The number of nitrogens with zero attached hydrogens (tertiary/aromatic N) is 6. The van der Waals surface area contributed by atoms with Crippen LogP contribution in [0.3, 0.4) is 0 Å². The second kappa shape index (κ2) is 15.2. The molecule has 238 valence electrons. The van der Waals surface area contributed by atoms with Crippen molar-refractivity contribution in [2.45, 2.75) is 66.0 Å². The van der Waals surface area contributed by atoms with Crippen LogP contribution >= 0.6 is 0 Å². The molecule has 1 aromatic heterocycles. The van der Waals surface area contributed by atoms with E-state index >= 15 is 0 Å². The highest BCUT2D eigenvalue weighted by Gasteiger charge is 2.50. The monoisotopic (exact) mass is 603 g/mol. The van der Waals surface area contributed by atoms with E-state index in [-0.39, 0.29) is 47.0 Å². The minimum atomic E-state index is -0.517. The number of nitrogens with two attached hydrogens (primary N) is 1. The lowest BCUT2D eigenvalue weighted by Crippen LogP contribution is -2.62. The predicted octanol–water partition coefficient (Wildman–Crippen LogP) is 3.66. The molecule has 13 heteroatoms. The molecule has 2 aliphatic rings. The van der Waals surface area contributed by atoms with Gasteiger partial charge in [0, 0.05) is 50.2 Å². The van der Waals surface area contributed by atoms with Gasteiger partial charge in [0.1, 0.15) is 11.6 Å². The van der Waals surface area contributed by atoms with Gasteiger partial charge in [-0.1, -0.05) is 18.9 Å². The van der Waals surface area contributed by atoms with Gasteiger partial charge in [0.15, 0.2) is 5.82 Å². The largest absolute Gasteiger partial charge is 0.483 e. The average Bonchev–Trinajstić information content (AvgIpc) is 3.40. The van der Waals surface area contributed by atoms with Gasteiger partial charge in [-0.25, -0.2) is 4.39 Å². The molecule has 1 spiro atoms. The standard InChI is InChI=1S/C29H44FN7O3.CH2O2/c1-7-37(20(4)5)27(38)22-15-21(30)10-11-24(22)40-26-25(32-28(39-6)34-33-26)35-14-12-29(16-35)17-36(18-29)23(19(2)3)9-8-13-31;2-1-3/h10-11,15,19-20,23H,7-9,12-14,16-18,31H2,1-6H3;1H,(H,2,3)/t23-;/m1./s1. The van der Waals surface area contributed by atoms with E-state index in [1.54, 1.807) is 4.90 Å². The van der Waals surface area contributed by atoms with Crippen LogP contribution in [0.4, 0.5) is 10.2 Å². The van der Waals surface area contributed by atoms with Crippen LogP contribution in [-0.2, 0) is 4.79 Å². The Kier molecular flexibility index (Phi) is 12.0. The van der Waals surface area contributed by atoms with Crippen LogP contribution in [0, 0.1) is 17.2 Å². The first kappa shape index (κ1) is 33.9. The van der Waals surface area contributed by atoms with Crippen LogP contribution in [0.25, 0.3) is 0 Å². The summed E-state index contributed by atoms with van der Waals surface area (Å²) in [4.78, 5) is 32.7. The minimum absolute atomic E-state index is 0.0555. The van der Waals surface area contributed by atoms with Crippen molar-refractivity contribution in [3.63, 3.8) is 0 Å². The fourth-order valence-corrected chi connectivity index (χ4v) is 6.10. The number of aromatic nitrogens is 3.